The number of phosphoric acid groups is 1. The zero-order valence-electron chi connectivity index (χ0n) is 56.1. The Morgan fingerprint density at radius 2 is 0.762 bits per heavy atom. The molecule has 0 heterocycles. The molecule has 3 unspecified atom stereocenters. The highest BCUT2D eigenvalue weighted by Crippen LogP contribution is 2.43. The number of likely N-dealkylation sites (N-methyl/N-ethyl adjacent to an activating group) is 1. The third kappa shape index (κ3) is 63.9. The lowest BCUT2D eigenvalue weighted by atomic mass is 10.0. The summed E-state index contributed by atoms with van der Waals surface area (Å²) in [4.78, 5) is 37.9. The molecule has 0 aromatic carbocycles. The van der Waals surface area contributed by atoms with Gasteiger partial charge in [-0.05, 0) is 76.7 Å². The molecule has 10 heteroatoms. The average Bonchev–Trinajstić information content (AvgIpc) is 3.64. The molecule has 0 saturated carbocycles. The molecule has 3 atom stereocenters. The van der Waals surface area contributed by atoms with Crippen LogP contribution in [0.5, 0.6) is 0 Å². The number of amides is 1. The minimum Gasteiger partial charge on any atom is -0.456 e. The predicted octanol–water partition coefficient (Wildman–Crippen LogP) is 22.7. The van der Waals surface area contributed by atoms with Crippen molar-refractivity contribution in [3.63, 3.8) is 0 Å². The lowest BCUT2D eigenvalue weighted by Crippen LogP contribution is -2.47. The number of allylic oxidation sites excluding steroid dienone is 11. The summed E-state index contributed by atoms with van der Waals surface area (Å²) >= 11 is 0. The quantitative estimate of drug-likeness (QED) is 0.0205. The van der Waals surface area contributed by atoms with Crippen LogP contribution in [0.1, 0.15) is 335 Å². The third-order valence-electron chi connectivity index (χ3n) is 15.9. The summed E-state index contributed by atoms with van der Waals surface area (Å²) in [5.74, 6) is -0.515. The molecule has 0 saturated heterocycles. The predicted molar refractivity (Wildman–Crippen MR) is 365 cm³/mol. The summed E-state index contributed by atoms with van der Waals surface area (Å²) in [7, 11) is 1.49. The highest BCUT2D eigenvalue weighted by molar-refractivity contribution is 7.47. The molecule has 0 aliphatic rings. The summed E-state index contributed by atoms with van der Waals surface area (Å²) in [6, 6.07) is -0.861. The Kier molecular flexibility index (Phi) is 61.5. The van der Waals surface area contributed by atoms with E-state index in [0.717, 1.165) is 109 Å². The molecule has 0 rings (SSSR count). The zero-order chi connectivity index (χ0) is 61.4. The first kappa shape index (κ1) is 81.5. The van der Waals surface area contributed by atoms with Crippen LogP contribution in [-0.4, -0.2) is 74.3 Å². The Morgan fingerprint density at radius 3 is 1.14 bits per heavy atom. The van der Waals surface area contributed by atoms with Crippen molar-refractivity contribution < 1.29 is 37.3 Å². The van der Waals surface area contributed by atoms with Crippen LogP contribution in [0.15, 0.2) is 72.9 Å². The second-order valence-corrected chi connectivity index (χ2v) is 26.8. The Bertz CT molecular complexity index is 1670. The molecule has 0 radical (unpaired) electrons. The fourth-order valence-corrected chi connectivity index (χ4v) is 11.2. The van der Waals surface area contributed by atoms with Crippen molar-refractivity contribution >= 4 is 19.7 Å². The molecule has 0 aromatic rings. The van der Waals surface area contributed by atoms with Gasteiger partial charge in [0.25, 0.3) is 0 Å². The Morgan fingerprint density at radius 1 is 0.429 bits per heavy atom. The van der Waals surface area contributed by atoms with Gasteiger partial charge in [0.2, 0.25) is 5.91 Å². The molecule has 0 fully saturated rings. The fourth-order valence-electron chi connectivity index (χ4n) is 10.4. The highest BCUT2D eigenvalue weighted by atomic mass is 31.2. The van der Waals surface area contributed by atoms with Crippen LogP contribution in [0.2, 0.25) is 0 Å². The normalized spacial score (nSPS) is 13.9. The number of nitrogens with one attached hydrogen (secondary N) is 1. The number of phosphoric ester groups is 1. The number of quaternary nitrogens is 1. The van der Waals surface area contributed by atoms with Gasteiger partial charge in [-0.25, -0.2) is 4.57 Å². The standard InChI is InChI=1S/C74H137N2O7P/c1-7-10-13-16-19-22-25-28-30-32-34-36-37-38-39-41-43-45-47-49-52-55-58-61-64-67-74(78)83-72(65-62-59-56-53-50-27-24-21-18-15-12-9-3)71(70-82-84(79,80)81-69-68-76(4,5)6)75-73(77)66-63-60-57-54-51-48-46-44-42-40-35-33-31-29-26-23-20-17-14-11-8-2/h11,14,20,23,29,31,35,40,44,46,62,65,71-72H,7-10,12-13,15-19,21-22,24-28,30,32-34,36-39,41-43,45,47-61,63-64,66-70H2,1-6H3,(H-,75,77,79,80)/p+1/b14-11-,23-20-,31-29-,40-35-,46-44-,65-62+. The number of esters is 1. The van der Waals surface area contributed by atoms with Crippen molar-refractivity contribution in [2.24, 2.45) is 0 Å². The van der Waals surface area contributed by atoms with Gasteiger partial charge >= 0.3 is 13.8 Å². The van der Waals surface area contributed by atoms with E-state index in [1.807, 2.05) is 33.3 Å². The number of ether oxygens (including phenoxy) is 1. The van der Waals surface area contributed by atoms with E-state index in [2.05, 4.69) is 86.8 Å². The topological polar surface area (TPSA) is 111 Å². The number of rotatable bonds is 65. The van der Waals surface area contributed by atoms with Crippen molar-refractivity contribution in [3.05, 3.63) is 72.9 Å². The van der Waals surface area contributed by atoms with Crippen LogP contribution in [0, 0.1) is 0 Å². The number of unbranched alkanes of at least 4 members (excludes halogenated alkanes) is 39. The molecule has 0 spiro atoms. The van der Waals surface area contributed by atoms with E-state index in [-0.39, 0.29) is 31.5 Å². The van der Waals surface area contributed by atoms with Crippen molar-refractivity contribution in [1.29, 1.82) is 0 Å². The van der Waals surface area contributed by atoms with Gasteiger partial charge in [-0.3, -0.25) is 18.6 Å². The molecule has 84 heavy (non-hydrogen) atoms. The Hall–Kier alpha value is -2.55. The van der Waals surface area contributed by atoms with Gasteiger partial charge in [0.1, 0.15) is 19.3 Å². The van der Waals surface area contributed by atoms with Crippen molar-refractivity contribution in [1.82, 2.24) is 5.32 Å². The van der Waals surface area contributed by atoms with Gasteiger partial charge in [-0.1, -0.05) is 319 Å². The van der Waals surface area contributed by atoms with E-state index < -0.39 is 20.0 Å². The average molecular weight is 1200 g/mol. The van der Waals surface area contributed by atoms with Crippen LogP contribution >= 0.6 is 7.82 Å². The molecular formula is C74H138N2O7P+. The maximum Gasteiger partial charge on any atom is 0.472 e. The first-order valence-electron chi connectivity index (χ1n) is 35.8. The second kappa shape index (κ2) is 63.5. The number of nitrogens with zero attached hydrogens (tertiary/aromatic N) is 1. The Balaban J connectivity index is 5.07. The molecule has 0 aliphatic carbocycles. The SMILES string of the molecule is CC/C=C\C/C=C\C/C=C\C/C=C\C/C=C\CCCCCCCC(=O)NC(COP(=O)(O)OCC[N+](C)(C)C)C(/C=C/CCCCCCCCCCCC)OC(=O)CCCCCCCCCCCCCCCCCCCCCCCCCCC. The van der Waals surface area contributed by atoms with Gasteiger partial charge in [-0.15, -0.1) is 0 Å². The smallest absolute Gasteiger partial charge is 0.456 e. The van der Waals surface area contributed by atoms with Gasteiger partial charge in [0.05, 0.1) is 33.8 Å². The van der Waals surface area contributed by atoms with E-state index in [1.165, 1.54) is 193 Å². The lowest BCUT2D eigenvalue weighted by Gasteiger charge is -2.27. The largest absolute Gasteiger partial charge is 0.472 e. The van der Waals surface area contributed by atoms with Crippen LogP contribution in [-0.2, 0) is 27.9 Å². The fraction of sp³-hybridized carbons (Fsp3) is 0.811. The molecule has 9 nitrogen and oxygen atoms in total. The van der Waals surface area contributed by atoms with Crippen molar-refractivity contribution in [2.45, 2.75) is 348 Å². The second-order valence-electron chi connectivity index (χ2n) is 25.4. The lowest BCUT2D eigenvalue weighted by molar-refractivity contribution is -0.870. The van der Waals surface area contributed by atoms with Crippen LogP contribution < -0.4 is 5.32 Å². The molecule has 0 bridgehead atoms. The molecule has 1 amide bonds. The monoisotopic (exact) mass is 1200 g/mol. The van der Waals surface area contributed by atoms with Crippen LogP contribution in [0.25, 0.3) is 0 Å². The van der Waals surface area contributed by atoms with Crippen molar-refractivity contribution in [2.75, 3.05) is 40.9 Å². The van der Waals surface area contributed by atoms with E-state index in [4.69, 9.17) is 13.8 Å². The van der Waals surface area contributed by atoms with Gasteiger partial charge in [-0.2, -0.15) is 0 Å². The molecular weight excluding hydrogens is 1060 g/mol. The molecule has 0 aromatic heterocycles. The maximum atomic E-state index is 13.6. The zero-order valence-corrected chi connectivity index (χ0v) is 57.0. The molecule has 0 aliphatic heterocycles. The number of hydrogen-bond acceptors (Lipinski definition) is 6. The summed E-state index contributed by atoms with van der Waals surface area (Å²) in [6.45, 7) is 6.92. The molecule has 2 N–H and O–H groups in total. The maximum absolute atomic E-state index is 13.6. The minimum atomic E-state index is -4.46. The van der Waals surface area contributed by atoms with Crippen LogP contribution in [0.4, 0.5) is 0 Å². The molecule has 490 valence electrons. The third-order valence-corrected chi connectivity index (χ3v) is 16.9. The first-order chi connectivity index (χ1) is 40.9. The highest BCUT2D eigenvalue weighted by Gasteiger charge is 2.30. The first-order valence-corrected chi connectivity index (χ1v) is 37.3. The summed E-state index contributed by atoms with van der Waals surface area (Å²) < 4.78 is 30.8. The van der Waals surface area contributed by atoms with E-state index in [1.54, 1.807) is 0 Å². The van der Waals surface area contributed by atoms with E-state index >= 15 is 0 Å². The number of hydrogen-bond donors (Lipinski definition) is 2. The van der Waals surface area contributed by atoms with Gasteiger partial charge in [0.15, 0.2) is 0 Å². The van der Waals surface area contributed by atoms with E-state index in [0.29, 0.717) is 17.4 Å². The van der Waals surface area contributed by atoms with Crippen LogP contribution in [0.3, 0.4) is 0 Å². The summed E-state index contributed by atoms with van der Waals surface area (Å²) in [6.07, 6.45) is 83.5. The van der Waals surface area contributed by atoms with Gasteiger partial charge < -0.3 is 19.4 Å². The van der Waals surface area contributed by atoms with Crippen molar-refractivity contribution in [3.8, 4) is 0 Å². The summed E-state index contributed by atoms with van der Waals surface area (Å²) in [5, 5.41) is 3.06. The van der Waals surface area contributed by atoms with E-state index in [9.17, 15) is 19.0 Å². The summed E-state index contributed by atoms with van der Waals surface area (Å²) in [5.41, 5.74) is 0. The Labute approximate surface area is 521 Å². The number of carbonyl (C=O) groups is 2. The number of carbonyl (C=O) groups excluding carboxylic acids is 2. The van der Waals surface area contributed by atoms with Gasteiger partial charge in [0, 0.05) is 12.8 Å². The minimum absolute atomic E-state index is 0.0351.